The largest absolute Gasteiger partial charge is 0.444 e. The van der Waals surface area contributed by atoms with Gasteiger partial charge in [-0.15, -0.1) is 0 Å². The Hall–Kier alpha value is -2.96. The minimum Gasteiger partial charge on any atom is -0.444 e. The van der Waals surface area contributed by atoms with E-state index in [-0.39, 0.29) is 23.5 Å². The monoisotopic (exact) mass is 416 g/mol. The molecule has 2 aromatic carbocycles. The topological polar surface area (TPSA) is 67.4 Å². The molecule has 0 aliphatic heterocycles. The third-order valence-electron chi connectivity index (χ3n) is 4.91. The lowest BCUT2D eigenvalue weighted by Gasteiger charge is -2.36. The van der Waals surface area contributed by atoms with E-state index in [1.165, 1.54) is 18.2 Å². The molecule has 0 aromatic heterocycles. The highest BCUT2D eigenvalue weighted by Crippen LogP contribution is 2.25. The molecule has 1 aliphatic carbocycles. The van der Waals surface area contributed by atoms with Crippen LogP contribution in [-0.2, 0) is 4.74 Å². The van der Waals surface area contributed by atoms with Gasteiger partial charge < -0.3 is 15.4 Å². The number of alkyl carbamates (subject to hydrolysis) is 1. The number of benzene rings is 2. The van der Waals surface area contributed by atoms with Gasteiger partial charge in [0.25, 0.3) is 5.91 Å². The molecule has 160 valence electrons. The molecule has 1 saturated carbocycles. The zero-order chi connectivity index (χ0) is 22.1. The Morgan fingerprint density at radius 3 is 2.07 bits per heavy atom. The molecular weight excluding hydrogens is 390 g/mol. The first kappa shape index (κ1) is 21.7. The van der Waals surface area contributed by atoms with Gasteiger partial charge in [0.15, 0.2) is 0 Å². The van der Waals surface area contributed by atoms with E-state index in [1.54, 1.807) is 45.9 Å². The van der Waals surface area contributed by atoms with Crippen LogP contribution >= 0.6 is 0 Å². The van der Waals surface area contributed by atoms with Crippen LogP contribution in [0.1, 0.15) is 49.5 Å². The quantitative estimate of drug-likeness (QED) is 0.758. The maximum Gasteiger partial charge on any atom is 0.407 e. The Labute approximate surface area is 174 Å². The third kappa shape index (κ3) is 5.34. The van der Waals surface area contributed by atoms with Crippen molar-refractivity contribution >= 4 is 12.0 Å². The summed E-state index contributed by atoms with van der Waals surface area (Å²) in [5.41, 5.74) is 0.896. The zero-order valence-corrected chi connectivity index (χ0v) is 17.5. The smallest absolute Gasteiger partial charge is 0.407 e. The SMILES string of the molecule is Cc1ccc(-c2ccc(C(=O)NC3CC(NC(=O)OC(C)(C)C)C3)c(F)c2)cc1F. The lowest BCUT2D eigenvalue weighted by atomic mass is 9.86. The number of amides is 2. The summed E-state index contributed by atoms with van der Waals surface area (Å²) in [5, 5.41) is 5.51. The van der Waals surface area contributed by atoms with Gasteiger partial charge in [-0.3, -0.25) is 4.79 Å². The average molecular weight is 416 g/mol. The van der Waals surface area contributed by atoms with Crippen molar-refractivity contribution < 1.29 is 23.1 Å². The summed E-state index contributed by atoms with van der Waals surface area (Å²) in [6.07, 6.45) is 0.604. The van der Waals surface area contributed by atoms with E-state index in [0.29, 0.717) is 29.5 Å². The van der Waals surface area contributed by atoms with Crippen LogP contribution in [-0.4, -0.2) is 29.7 Å². The van der Waals surface area contributed by atoms with E-state index < -0.39 is 23.4 Å². The van der Waals surface area contributed by atoms with Crippen LogP contribution < -0.4 is 10.6 Å². The van der Waals surface area contributed by atoms with Gasteiger partial charge in [0, 0.05) is 12.1 Å². The Kier molecular flexibility index (Phi) is 6.10. The predicted octanol–water partition coefficient (Wildman–Crippen LogP) is 4.73. The molecule has 2 amide bonds. The molecular formula is C23H26F2N2O3. The van der Waals surface area contributed by atoms with Crippen LogP contribution in [0.4, 0.5) is 13.6 Å². The number of carbonyl (C=O) groups is 2. The van der Waals surface area contributed by atoms with Crippen molar-refractivity contribution in [2.45, 2.75) is 58.2 Å². The first-order chi connectivity index (χ1) is 14.0. The number of rotatable bonds is 4. The summed E-state index contributed by atoms with van der Waals surface area (Å²) in [6, 6.07) is 8.66. The van der Waals surface area contributed by atoms with Crippen LogP contribution in [0.15, 0.2) is 36.4 Å². The molecule has 0 spiro atoms. The van der Waals surface area contributed by atoms with Crippen molar-refractivity contribution in [3.8, 4) is 11.1 Å². The van der Waals surface area contributed by atoms with E-state index in [2.05, 4.69) is 10.6 Å². The lowest BCUT2D eigenvalue weighted by Crippen LogP contribution is -2.54. The molecule has 2 N–H and O–H groups in total. The first-order valence-electron chi connectivity index (χ1n) is 9.88. The number of hydrogen-bond donors (Lipinski definition) is 2. The predicted molar refractivity (Wildman–Crippen MR) is 110 cm³/mol. The van der Waals surface area contributed by atoms with Crippen molar-refractivity contribution in [3.05, 3.63) is 59.2 Å². The first-order valence-corrected chi connectivity index (χ1v) is 9.88. The number of aryl methyl sites for hydroxylation is 1. The fraction of sp³-hybridized carbons (Fsp3) is 0.391. The summed E-state index contributed by atoms with van der Waals surface area (Å²) < 4.78 is 33.5. The highest BCUT2D eigenvalue weighted by molar-refractivity contribution is 5.95. The minimum atomic E-state index is -0.672. The van der Waals surface area contributed by atoms with Crippen LogP contribution in [0, 0.1) is 18.6 Å². The average Bonchev–Trinajstić information content (AvgIpc) is 2.60. The molecule has 3 rings (SSSR count). The normalized spacial score (nSPS) is 18.3. The van der Waals surface area contributed by atoms with Gasteiger partial charge in [-0.05, 0) is 75.4 Å². The van der Waals surface area contributed by atoms with E-state index in [1.807, 2.05) is 0 Å². The Morgan fingerprint density at radius 1 is 0.933 bits per heavy atom. The van der Waals surface area contributed by atoms with Crippen LogP contribution in [0.25, 0.3) is 11.1 Å². The van der Waals surface area contributed by atoms with Gasteiger partial charge in [0.2, 0.25) is 0 Å². The summed E-state index contributed by atoms with van der Waals surface area (Å²) in [6.45, 7) is 7.00. The molecule has 1 aliphatic rings. The van der Waals surface area contributed by atoms with Gasteiger partial charge in [0.1, 0.15) is 17.2 Å². The summed E-state index contributed by atoms with van der Waals surface area (Å²) in [7, 11) is 0. The summed E-state index contributed by atoms with van der Waals surface area (Å²) in [5.74, 6) is -1.56. The number of ether oxygens (including phenoxy) is 1. The van der Waals surface area contributed by atoms with Gasteiger partial charge in [-0.1, -0.05) is 18.2 Å². The Bertz CT molecular complexity index is 963. The van der Waals surface area contributed by atoms with Gasteiger partial charge in [-0.2, -0.15) is 0 Å². The standard InChI is InChI=1S/C23H26F2N2O3/c1-13-5-6-14(9-19(13)24)15-7-8-18(20(25)10-15)21(28)26-16-11-17(12-16)27-22(29)30-23(2,3)4/h5-10,16-17H,11-12H2,1-4H3,(H,26,28)(H,27,29). The Balaban J connectivity index is 1.55. The maximum atomic E-state index is 14.5. The van der Waals surface area contributed by atoms with Crippen molar-refractivity contribution in [2.75, 3.05) is 0 Å². The summed E-state index contributed by atoms with van der Waals surface area (Å²) >= 11 is 0. The number of halogens is 2. The molecule has 0 heterocycles. The van der Waals surface area contributed by atoms with Gasteiger partial charge in [0.05, 0.1) is 5.56 Å². The highest BCUT2D eigenvalue weighted by Gasteiger charge is 2.33. The van der Waals surface area contributed by atoms with Crippen molar-refractivity contribution in [2.24, 2.45) is 0 Å². The summed E-state index contributed by atoms with van der Waals surface area (Å²) in [4.78, 5) is 24.2. The molecule has 0 radical (unpaired) electrons. The molecule has 0 saturated heterocycles. The molecule has 2 aromatic rings. The van der Waals surface area contributed by atoms with Gasteiger partial charge in [-0.25, -0.2) is 13.6 Å². The second kappa shape index (κ2) is 8.42. The van der Waals surface area contributed by atoms with E-state index in [0.717, 1.165) is 0 Å². The van der Waals surface area contributed by atoms with Crippen LogP contribution in [0.5, 0.6) is 0 Å². The number of nitrogens with one attached hydrogen (secondary N) is 2. The van der Waals surface area contributed by atoms with Crippen LogP contribution in [0.3, 0.4) is 0 Å². The fourth-order valence-electron chi connectivity index (χ4n) is 3.24. The number of hydrogen-bond acceptors (Lipinski definition) is 3. The fourth-order valence-corrected chi connectivity index (χ4v) is 3.24. The molecule has 30 heavy (non-hydrogen) atoms. The van der Waals surface area contributed by atoms with E-state index >= 15 is 0 Å². The van der Waals surface area contributed by atoms with Crippen LogP contribution in [0.2, 0.25) is 0 Å². The Morgan fingerprint density at radius 2 is 1.50 bits per heavy atom. The molecule has 0 atom stereocenters. The molecule has 1 fully saturated rings. The molecule has 7 heteroatoms. The molecule has 0 unspecified atom stereocenters. The lowest BCUT2D eigenvalue weighted by molar-refractivity contribution is 0.0465. The van der Waals surface area contributed by atoms with E-state index in [9.17, 15) is 18.4 Å². The maximum absolute atomic E-state index is 14.5. The van der Waals surface area contributed by atoms with Gasteiger partial charge >= 0.3 is 6.09 Å². The highest BCUT2D eigenvalue weighted by atomic mass is 19.1. The zero-order valence-electron chi connectivity index (χ0n) is 17.5. The number of carbonyl (C=O) groups excluding carboxylic acids is 2. The van der Waals surface area contributed by atoms with Crippen molar-refractivity contribution in [1.82, 2.24) is 10.6 Å². The van der Waals surface area contributed by atoms with Crippen molar-refractivity contribution in [3.63, 3.8) is 0 Å². The second-order valence-electron chi connectivity index (χ2n) is 8.64. The second-order valence-corrected chi connectivity index (χ2v) is 8.64. The van der Waals surface area contributed by atoms with E-state index in [4.69, 9.17) is 4.74 Å². The molecule has 5 nitrogen and oxygen atoms in total. The minimum absolute atomic E-state index is 0.0742. The van der Waals surface area contributed by atoms with Crippen molar-refractivity contribution in [1.29, 1.82) is 0 Å². The molecule has 0 bridgehead atoms. The third-order valence-corrected chi connectivity index (χ3v) is 4.91.